The molecule has 0 amide bonds. The molecule has 1 atom stereocenters. The number of H-pyrrole nitrogens is 1. The Bertz CT molecular complexity index is 302. The molecule has 1 unspecified atom stereocenters. The molecule has 1 aromatic heterocycles. The summed E-state index contributed by atoms with van der Waals surface area (Å²) in [6.07, 6.45) is 3.61. The molecule has 0 saturated heterocycles. The van der Waals surface area contributed by atoms with E-state index in [1.807, 2.05) is 13.1 Å². The molecule has 0 aliphatic carbocycles. The molecule has 4 N–H and O–H groups in total. The van der Waals surface area contributed by atoms with Gasteiger partial charge in [-0.05, 0) is 12.8 Å². The Kier molecular flexibility index (Phi) is 4.15. The van der Waals surface area contributed by atoms with Crippen LogP contribution in [0.25, 0.3) is 0 Å². The highest BCUT2D eigenvalue weighted by Crippen LogP contribution is 2.08. The Morgan fingerprint density at radius 1 is 1.60 bits per heavy atom. The van der Waals surface area contributed by atoms with Crippen molar-refractivity contribution in [1.29, 1.82) is 0 Å². The van der Waals surface area contributed by atoms with Gasteiger partial charge in [-0.3, -0.25) is 10.1 Å². The van der Waals surface area contributed by atoms with Crippen molar-refractivity contribution in [3.05, 3.63) is 18.0 Å². The minimum absolute atomic E-state index is 0.125. The normalized spacial score (nSPS) is 14.3. The molecule has 15 heavy (non-hydrogen) atoms. The number of aromatic amines is 1. The predicted octanol–water partition coefficient (Wildman–Crippen LogP) is 1.03. The summed E-state index contributed by atoms with van der Waals surface area (Å²) in [5, 5.41) is 9.75. The van der Waals surface area contributed by atoms with Crippen molar-refractivity contribution in [3.8, 4) is 0 Å². The standard InChI is InChI=1S/C10H19N5/c1-7(2)4-12-10(11)15-8(3)9-5-13-14-6-9/h5-8H,4H2,1-3H3,(H,13,14)(H3,11,12,15). The molecule has 0 aliphatic heterocycles. The van der Waals surface area contributed by atoms with Gasteiger partial charge in [-0.1, -0.05) is 13.8 Å². The first-order valence-electron chi connectivity index (χ1n) is 5.14. The Labute approximate surface area is 90.2 Å². The summed E-state index contributed by atoms with van der Waals surface area (Å²) < 4.78 is 0. The van der Waals surface area contributed by atoms with Gasteiger partial charge in [0.2, 0.25) is 0 Å². The van der Waals surface area contributed by atoms with E-state index in [9.17, 15) is 0 Å². The second-order valence-electron chi connectivity index (χ2n) is 4.02. The third-order valence-corrected chi connectivity index (χ3v) is 2.01. The van der Waals surface area contributed by atoms with E-state index in [1.54, 1.807) is 6.20 Å². The fraction of sp³-hybridized carbons (Fsp3) is 0.600. The second kappa shape index (κ2) is 5.38. The topological polar surface area (TPSA) is 79.1 Å². The van der Waals surface area contributed by atoms with Crippen molar-refractivity contribution in [2.45, 2.75) is 26.8 Å². The predicted molar refractivity (Wildman–Crippen MR) is 61.5 cm³/mol. The van der Waals surface area contributed by atoms with Crippen LogP contribution >= 0.6 is 0 Å². The lowest BCUT2D eigenvalue weighted by molar-refractivity contribution is 0.652. The molecule has 0 radical (unpaired) electrons. The van der Waals surface area contributed by atoms with Crippen LogP contribution < -0.4 is 11.1 Å². The van der Waals surface area contributed by atoms with Crippen LogP contribution in [0.5, 0.6) is 0 Å². The molecule has 0 bridgehead atoms. The summed E-state index contributed by atoms with van der Waals surface area (Å²) in [7, 11) is 0. The summed E-state index contributed by atoms with van der Waals surface area (Å²) >= 11 is 0. The molecule has 1 rings (SSSR count). The number of nitrogens with zero attached hydrogens (tertiary/aromatic N) is 2. The van der Waals surface area contributed by atoms with Gasteiger partial charge in [0, 0.05) is 18.3 Å². The van der Waals surface area contributed by atoms with Crippen LogP contribution in [0.4, 0.5) is 0 Å². The van der Waals surface area contributed by atoms with Gasteiger partial charge in [-0.15, -0.1) is 0 Å². The molecule has 1 heterocycles. The van der Waals surface area contributed by atoms with Crippen molar-refractivity contribution < 1.29 is 0 Å². The molecule has 0 aromatic carbocycles. The van der Waals surface area contributed by atoms with E-state index in [-0.39, 0.29) is 6.04 Å². The maximum Gasteiger partial charge on any atom is 0.189 e. The van der Waals surface area contributed by atoms with Gasteiger partial charge in [-0.2, -0.15) is 5.10 Å². The Morgan fingerprint density at radius 3 is 2.87 bits per heavy atom. The van der Waals surface area contributed by atoms with Crippen LogP contribution in [0.15, 0.2) is 17.4 Å². The number of hydrogen-bond donors (Lipinski definition) is 3. The number of aromatic nitrogens is 2. The van der Waals surface area contributed by atoms with Crippen LogP contribution in [-0.2, 0) is 0 Å². The van der Waals surface area contributed by atoms with Crippen molar-refractivity contribution in [1.82, 2.24) is 15.5 Å². The summed E-state index contributed by atoms with van der Waals surface area (Å²) in [5.41, 5.74) is 6.80. The van der Waals surface area contributed by atoms with E-state index >= 15 is 0 Å². The Morgan fingerprint density at radius 2 is 2.33 bits per heavy atom. The van der Waals surface area contributed by atoms with Crippen molar-refractivity contribution in [3.63, 3.8) is 0 Å². The van der Waals surface area contributed by atoms with E-state index in [0.717, 1.165) is 12.1 Å². The van der Waals surface area contributed by atoms with Gasteiger partial charge in [0.1, 0.15) is 0 Å². The van der Waals surface area contributed by atoms with Crippen LogP contribution in [0.2, 0.25) is 0 Å². The molecular formula is C10H19N5. The highest BCUT2D eigenvalue weighted by molar-refractivity contribution is 5.78. The largest absolute Gasteiger partial charge is 0.370 e. The van der Waals surface area contributed by atoms with E-state index in [2.05, 4.69) is 34.4 Å². The van der Waals surface area contributed by atoms with Gasteiger partial charge >= 0.3 is 0 Å². The molecule has 84 valence electrons. The van der Waals surface area contributed by atoms with E-state index in [4.69, 9.17) is 5.73 Å². The number of nitrogens with one attached hydrogen (secondary N) is 2. The number of hydrogen-bond acceptors (Lipinski definition) is 2. The molecule has 0 aliphatic rings. The van der Waals surface area contributed by atoms with E-state index in [0.29, 0.717) is 11.9 Å². The summed E-state index contributed by atoms with van der Waals surface area (Å²) in [6, 6.07) is 0.125. The molecule has 0 saturated carbocycles. The fourth-order valence-corrected chi connectivity index (χ4v) is 1.13. The van der Waals surface area contributed by atoms with Crippen LogP contribution in [0.3, 0.4) is 0 Å². The van der Waals surface area contributed by atoms with E-state index in [1.165, 1.54) is 0 Å². The lowest BCUT2D eigenvalue weighted by atomic mass is 10.2. The number of guanidine groups is 1. The van der Waals surface area contributed by atoms with Gasteiger partial charge in [0.15, 0.2) is 5.96 Å². The SMILES string of the molecule is CC(C)CN=C(N)NC(C)c1cn[nH]c1. The highest BCUT2D eigenvalue weighted by atomic mass is 15.1. The van der Waals surface area contributed by atoms with Crippen LogP contribution in [-0.4, -0.2) is 22.7 Å². The zero-order chi connectivity index (χ0) is 11.3. The highest BCUT2D eigenvalue weighted by Gasteiger charge is 2.06. The molecule has 0 spiro atoms. The molecule has 1 aromatic rings. The van der Waals surface area contributed by atoms with Gasteiger partial charge in [-0.25, -0.2) is 0 Å². The third-order valence-electron chi connectivity index (χ3n) is 2.01. The van der Waals surface area contributed by atoms with Gasteiger partial charge < -0.3 is 11.1 Å². The monoisotopic (exact) mass is 209 g/mol. The fourth-order valence-electron chi connectivity index (χ4n) is 1.13. The zero-order valence-electron chi connectivity index (χ0n) is 9.49. The van der Waals surface area contributed by atoms with Crippen LogP contribution in [0.1, 0.15) is 32.4 Å². The Hall–Kier alpha value is -1.52. The average Bonchev–Trinajstić information content (AvgIpc) is 2.67. The molecule has 5 heteroatoms. The first kappa shape index (κ1) is 11.6. The van der Waals surface area contributed by atoms with Gasteiger partial charge in [0.25, 0.3) is 0 Å². The summed E-state index contributed by atoms with van der Waals surface area (Å²) in [4.78, 5) is 4.23. The number of rotatable bonds is 4. The third kappa shape index (κ3) is 4.01. The number of aliphatic imine (C=N–C) groups is 1. The Balaban J connectivity index is 2.44. The second-order valence-corrected chi connectivity index (χ2v) is 4.02. The minimum Gasteiger partial charge on any atom is -0.370 e. The summed E-state index contributed by atoms with van der Waals surface area (Å²) in [5.74, 6) is 1.01. The maximum absolute atomic E-state index is 5.74. The smallest absolute Gasteiger partial charge is 0.189 e. The summed E-state index contributed by atoms with van der Waals surface area (Å²) in [6.45, 7) is 6.98. The lowest BCUT2D eigenvalue weighted by Crippen LogP contribution is -2.34. The molecular weight excluding hydrogens is 190 g/mol. The van der Waals surface area contributed by atoms with Gasteiger partial charge in [0.05, 0.1) is 12.2 Å². The average molecular weight is 209 g/mol. The first-order chi connectivity index (χ1) is 7.09. The maximum atomic E-state index is 5.74. The van der Waals surface area contributed by atoms with Crippen molar-refractivity contribution in [2.75, 3.05) is 6.54 Å². The van der Waals surface area contributed by atoms with Crippen molar-refractivity contribution >= 4 is 5.96 Å². The lowest BCUT2D eigenvalue weighted by Gasteiger charge is -2.12. The zero-order valence-corrected chi connectivity index (χ0v) is 9.49. The number of nitrogens with two attached hydrogens (primary N) is 1. The van der Waals surface area contributed by atoms with Crippen LogP contribution in [0, 0.1) is 5.92 Å². The minimum atomic E-state index is 0.125. The first-order valence-corrected chi connectivity index (χ1v) is 5.14. The molecule has 5 nitrogen and oxygen atoms in total. The molecule has 0 fully saturated rings. The van der Waals surface area contributed by atoms with Crippen molar-refractivity contribution in [2.24, 2.45) is 16.6 Å². The quantitative estimate of drug-likeness (QED) is 0.512. The van der Waals surface area contributed by atoms with E-state index < -0.39 is 0 Å².